The third kappa shape index (κ3) is 2.61. The van der Waals surface area contributed by atoms with Crippen molar-refractivity contribution in [2.24, 2.45) is 0 Å². The molecular formula is C11H12Br2O2. The minimum absolute atomic E-state index is 0.0596. The summed E-state index contributed by atoms with van der Waals surface area (Å²) in [6, 6.07) is 5.80. The average molecular weight is 336 g/mol. The highest BCUT2D eigenvalue weighted by Crippen LogP contribution is 2.32. The van der Waals surface area contributed by atoms with Gasteiger partial charge in [-0.3, -0.25) is 0 Å². The van der Waals surface area contributed by atoms with Gasteiger partial charge in [-0.15, -0.1) is 0 Å². The zero-order chi connectivity index (χ0) is 10.8. The first-order valence-corrected chi connectivity index (χ1v) is 6.51. The molecule has 1 heterocycles. The molecule has 1 aliphatic heterocycles. The number of hydrogen-bond donors (Lipinski definition) is 1. The molecule has 0 radical (unpaired) electrons. The Kier molecular flexibility index (Phi) is 3.83. The molecule has 1 fully saturated rings. The van der Waals surface area contributed by atoms with Crippen molar-refractivity contribution in [3.63, 3.8) is 0 Å². The molecule has 82 valence electrons. The van der Waals surface area contributed by atoms with Gasteiger partial charge in [0.15, 0.2) is 0 Å². The van der Waals surface area contributed by atoms with Gasteiger partial charge >= 0.3 is 0 Å². The Bertz CT molecular complexity index is 348. The van der Waals surface area contributed by atoms with Gasteiger partial charge in [0.2, 0.25) is 0 Å². The zero-order valence-electron chi connectivity index (χ0n) is 8.12. The molecule has 1 aliphatic rings. The Morgan fingerprint density at radius 2 is 2.20 bits per heavy atom. The van der Waals surface area contributed by atoms with E-state index >= 15 is 0 Å². The van der Waals surface area contributed by atoms with Crippen molar-refractivity contribution >= 4 is 31.9 Å². The van der Waals surface area contributed by atoms with Crippen LogP contribution in [0.4, 0.5) is 0 Å². The molecule has 1 aromatic rings. The van der Waals surface area contributed by atoms with E-state index in [0.29, 0.717) is 0 Å². The van der Waals surface area contributed by atoms with Gasteiger partial charge < -0.3 is 9.84 Å². The summed E-state index contributed by atoms with van der Waals surface area (Å²) in [6.07, 6.45) is 1.36. The lowest BCUT2D eigenvalue weighted by Gasteiger charge is -2.19. The summed E-state index contributed by atoms with van der Waals surface area (Å²) in [5.41, 5.74) is 0.885. The molecule has 0 spiro atoms. The lowest BCUT2D eigenvalue weighted by Crippen LogP contribution is -2.17. The topological polar surface area (TPSA) is 29.5 Å². The number of ether oxygens (including phenoxy) is 1. The Morgan fingerprint density at radius 3 is 2.87 bits per heavy atom. The van der Waals surface area contributed by atoms with Crippen LogP contribution in [0.15, 0.2) is 27.1 Å². The number of halogens is 2. The third-order valence-electron chi connectivity index (χ3n) is 2.59. The van der Waals surface area contributed by atoms with E-state index in [0.717, 1.165) is 34.0 Å². The van der Waals surface area contributed by atoms with Crippen LogP contribution in [0.25, 0.3) is 0 Å². The molecule has 1 saturated heterocycles. The van der Waals surface area contributed by atoms with Crippen LogP contribution in [0.5, 0.6) is 0 Å². The van der Waals surface area contributed by atoms with Crippen molar-refractivity contribution in [2.75, 3.05) is 6.61 Å². The molecular weight excluding hydrogens is 324 g/mol. The second-order valence-electron chi connectivity index (χ2n) is 3.66. The molecule has 2 unspecified atom stereocenters. The smallest absolute Gasteiger partial charge is 0.106 e. The highest BCUT2D eigenvalue weighted by Gasteiger charge is 2.26. The number of benzene rings is 1. The highest BCUT2D eigenvalue weighted by atomic mass is 79.9. The van der Waals surface area contributed by atoms with Crippen LogP contribution in [0.2, 0.25) is 0 Å². The largest absolute Gasteiger partial charge is 0.386 e. The molecule has 0 amide bonds. The molecule has 2 rings (SSSR count). The first-order chi connectivity index (χ1) is 7.18. The second kappa shape index (κ2) is 4.95. The number of aliphatic hydroxyl groups excluding tert-OH is 1. The number of hydrogen-bond acceptors (Lipinski definition) is 2. The molecule has 0 aromatic heterocycles. The molecule has 15 heavy (non-hydrogen) atoms. The van der Waals surface area contributed by atoms with Gasteiger partial charge in [-0.05, 0) is 36.6 Å². The summed E-state index contributed by atoms with van der Waals surface area (Å²) >= 11 is 6.84. The quantitative estimate of drug-likeness (QED) is 0.897. The summed E-state index contributed by atoms with van der Waals surface area (Å²) in [4.78, 5) is 0. The Morgan fingerprint density at radius 1 is 1.40 bits per heavy atom. The van der Waals surface area contributed by atoms with E-state index in [2.05, 4.69) is 31.9 Å². The highest BCUT2D eigenvalue weighted by molar-refractivity contribution is 9.11. The van der Waals surface area contributed by atoms with Crippen molar-refractivity contribution in [3.05, 3.63) is 32.7 Å². The molecule has 1 N–H and O–H groups in total. The van der Waals surface area contributed by atoms with Gasteiger partial charge in [0.1, 0.15) is 6.10 Å². The standard InChI is InChI=1S/C11H12Br2O2/c12-7-3-4-9(13)8(6-7)11(14)10-2-1-5-15-10/h3-4,6,10-11,14H,1-2,5H2. The summed E-state index contributed by atoms with van der Waals surface area (Å²) in [5.74, 6) is 0. The summed E-state index contributed by atoms with van der Waals surface area (Å²) < 4.78 is 7.37. The van der Waals surface area contributed by atoms with Crippen molar-refractivity contribution in [2.45, 2.75) is 25.0 Å². The van der Waals surface area contributed by atoms with Gasteiger partial charge in [0.25, 0.3) is 0 Å². The monoisotopic (exact) mass is 334 g/mol. The van der Waals surface area contributed by atoms with E-state index in [-0.39, 0.29) is 6.10 Å². The van der Waals surface area contributed by atoms with Gasteiger partial charge in [-0.2, -0.15) is 0 Å². The van der Waals surface area contributed by atoms with Crippen molar-refractivity contribution in [1.82, 2.24) is 0 Å². The summed E-state index contributed by atoms with van der Waals surface area (Å²) in [5, 5.41) is 10.1. The van der Waals surface area contributed by atoms with E-state index in [1.165, 1.54) is 0 Å². The molecule has 1 aromatic carbocycles. The SMILES string of the molecule is OC(c1cc(Br)ccc1Br)C1CCCO1. The predicted octanol–water partition coefficient (Wildman–Crippen LogP) is 3.42. The van der Waals surface area contributed by atoms with Gasteiger partial charge in [-0.1, -0.05) is 31.9 Å². The molecule has 0 bridgehead atoms. The van der Waals surface area contributed by atoms with E-state index in [4.69, 9.17) is 4.74 Å². The number of aliphatic hydroxyl groups is 1. The lowest BCUT2D eigenvalue weighted by molar-refractivity contribution is -0.00296. The van der Waals surface area contributed by atoms with Gasteiger partial charge in [-0.25, -0.2) is 0 Å². The predicted molar refractivity (Wildman–Crippen MR) is 65.8 cm³/mol. The Labute approximate surface area is 106 Å². The lowest BCUT2D eigenvalue weighted by atomic mass is 10.0. The van der Waals surface area contributed by atoms with Crippen LogP contribution in [0, 0.1) is 0 Å². The van der Waals surface area contributed by atoms with Crippen LogP contribution in [-0.2, 0) is 4.74 Å². The first-order valence-electron chi connectivity index (χ1n) is 4.93. The van der Waals surface area contributed by atoms with Gasteiger partial charge in [0, 0.05) is 15.6 Å². The minimum atomic E-state index is -0.542. The van der Waals surface area contributed by atoms with Crippen molar-refractivity contribution in [3.8, 4) is 0 Å². The van der Waals surface area contributed by atoms with E-state index in [1.54, 1.807) is 0 Å². The van der Waals surface area contributed by atoms with Crippen molar-refractivity contribution in [1.29, 1.82) is 0 Å². The fraction of sp³-hybridized carbons (Fsp3) is 0.455. The van der Waals surface area contributed by atoms with E-state index < -0.39 is 6.10 Å². The minimum Gasteiger partial charge on any atom is -0.386 e. The number of rotatable bonds is 2. The molecule has 4 heteroatoms. The fourth-order valence-electron chi connectivity index (χ4n) is 1.79. The van der Waals surface area contributed by atoms with Crippen LogP contribution in [-0.4, -0.2) is 17.8 Å². The Balaban J connectivity index is 2.23. The maximum absolute atomic E-state index is 10.1. The maximum atomic E-state index is 10.1. The molecule has 0 aliphatic carbocycles. The van der Waals surface area contributed by atoms with E-state index in [9.17, 15) is 5.11 Å². The second-order valence-corrected chi connectivity index (χ2v) is 5.43. The Hall–Kier alpha value is 0.1000. The first kappa shape index (κ1) is 11.6. The van der Waals surface area contributed by atoms with Crippen LogP contribution < -0.4 is 0 Å². The van der Waals surface area contributed by atoms with Crippen LogP contribution in [0.3, 0.4) is 0 Å². The van der Waals surface area contributed by atoms with Crippen LogP contribution >= 0.6 is 31.9 Å². The normalized spacial score (nSPS) is 23.0. The summed E-state index contributed by atoms with van der Waals surface area (Å²) in [6.45, 7) is 0.757. The fourth-order valence-corrected chi connectivity index (χ4v) is 2.65. The maximum Gasteiger partial charge on any atom is 0.106 e. The van der Waals surface area contributed by atoms with Crippen LogP contribution in [0.1, 0.15) is 24.5 Å². The van der Waals surface area contributed by atoms with Gasteiger partial charge in [0.05, 0.1) is 6.10 Å². The summed E-state index contributed by atoms with van der Waals surface area (Å²) in [7, 11) is 0. The molecule has 2 nitrogen and oxygen atoms in total. The zero-order valence-corrected chi connectivity index (χ0v) is 11.3. The molecule has 0 saturated carbocycles. The van der Waals surface area contributed by atoms with E-state index in [1.807, 2.05) is 18.2 Å². The molecule has 2 atom stereocenters. The van der Waals surface area contributed by atoms with Crippen molar-refractivity contribution < 1.29 is 9.84 Å². The third-order valence-corrected chi connectivity index (χ3v) is 3.81. The average Bonchev–Trinajstić information content (AvgIpc) is 2.74.